The van der Waals surface area contributed by atoms with Crippen molar-refractivity contribution in [2.75, 3.05) is 0 Å². The Morgan fingerprint density at radius 3 is 2.22 bits per heavy atom. The van der Waals surface area contributed by atoms with Crippen LogP contribution in [0.5, 0.6) is 0 Å². The van der Waals surface area contributed by atoms with Crippen LogP contribution in [0.15, 0.2) is 78.9 Å². The zero-order valence-corrected chi connectivity index (χ0v) is 16.1. The van der Waals surface area contributed by atoms with Gasteiger partial charge >= 0.3 is 5.82 Å². The molecular weight excluding hydrogens is 457 g/mol. The Labute approximate surface area is 168 Å². The number of non-ortho nitro benzene ring substituents is 1. The Morgan fingerprint density at radius 1 is 0.926 bits per heavy atom. The van der Waals surface area contributed by atoms with Crippen LogP contribution in [0.2, 0.25) is 0 Å². The van der Waals surface area contributed by atoms with Crippen LogP contribution in [0.1, 0.15) is 0 Å². The minimum absolute atomic E-state index is 0.0275. The molecule has 0 spiro atoms. The van der Waals surface area contributed by atoms with Gasteiger partial charge in [0.1, 0.15) is 5.69 Å². The quantitative estimate of drug-likeness (QED) is 0.197. The lowest BCUT2D eigenvalue weighted by Gasteiger charge is -1.97. The Balaban J connectivity index is 1.84. The van der Waals surface area contributed by atoms with Gasteiger partial charge in [-0.2, -0.15) is 0 Å². The van der Waals surface area contributed by atoms with E-state index in [1.54, 1.807) is 16.8 Å². The van der Waals surface area contributed by atoms with E-state index in [2.05, 4.69) is 32.9 Å². The molecule has 8 heteroatoms. The van der Waals surface area contributed by atoms with Crippen LogP contribution in [0.4, 0.5) is 5.69 Å². The van der Waals surface area contributed by atoms with E-state index in [1.165, 1.54) is 16.9 Å². The molecule has 1 aromatic heterocycles. The Morgan fingerprint density at radius 2 is 1.59 bits per heavy atom. The lowest BCUT2D eigenvalue weighted by molar-refractivity contribution is -0.651. The first-order chi connectivity index (χ1) is 13.1. The van der Waals surface area contributed by atoms with Crippen molar-refractivity contribution in [3.63, 3.8) is 0 Å². The zero-order chi connectivity index (χ0) is 18.8. The van der Waals surface area contributed by atoms with Gasteiger partial charge in [0.25, 0.3) is 5.69 Å². The molecule has 0 amide bonds. The van der Waals surface area contributed by atoms with E-state index in [4.69, 9.17) is 0 Å². The SMILES string of the molecule is O=[N+]([O-])c1ccc(-n2nc(-c3ccc(I)cc3)[n+](-c3ccccc3)n2)cc1. The van der Waals surface area contributed by atoms with Crippen LogP contribution >= 0.6 is 22.6 Å². The van der Waals surface area contributed by atoms with Crippen LogP contribution in [0.25, 0.3) is 22.8 Å². The molecule has 0 aliphatic carbocycles. The van der Waals surface area contributed by atoms with E-state index in [1.807, 2.05) is 54.6 Å². The van der Waals surface area contributed by atoms with E-state index < -0.39 is 4.92 Å². The number of nitro benzene ring substituents is 1. The Hall–Kier alpha value is -3.14. The van der Waals surface area contributed by atoms with E-state index in [0.717, 1.165) is 14.8 Å². The number of nitro groups is 1. The molecule has 7 nitrogen and oxygen atoms in total. The zero-order valence-electron chi connectivity index (χ0n) is 13.9. The first kappa shape index (κ1) is 17.3. The largest absolute Gasteiger partial charge is 0.335 e. The Bertz CT molecular complexity index is 1090. The number of rotatable bonds is 4. The third kappa shape index (κ3) is 3.56. The molecular formula is C19H13IN5O2+. The summed E-state index contributed by atoms with van der Waals surface area (Å²) in [7, 11) is 0. The minimum atomic E-state index is -0.429. The van der Waals surface area contributed by atoms with Gasteiger partial charge in [0.05, 0.1) is 20.8 Å². The van der Waals surface area contributed by atoms with Crippen LogP contribution in [0.3, 0.4) is 0 Å². The normalized spacial score (nSPS) is 10.7. The van der Waals surface area contributed by atoms with Crippen LogP contribution in [-0.4, -0.2) is 20.0 Å². The lowest BCUT2D eigenvalue weighted by Crippen LogP contribution is -2.35. The standard InChI is InChI=1S/C19H13IN5O2/c20-15-8-6-14(7-9-15)19-21-24(17-10-12-18(13-11-17)25(26)27)22-23(19)16-4-2-1-3-5-16/h1-13H/q+1. The van der Waals surface area contributed by atoms with Gasteiger partial charge in [-0.15, -0.1) is 0 Å². The first-order valence-electron chi connectivity index (χ1n) is 8.08. The summed E-state index contributed by atoms with van der Waals surface area (Å²) >= 11 is 2.26. The van der Waals surface area contributed by atoms with Gasteiger partial charge in [-0.25, -0.2) is 0 Å². The molecule has 0 bridgehead atoms. The molecule has 0 saturated carbocycles. The highest BCUT2D eigenvalue weighted by molar-refractivity contribution is 14.1. The second-order valence-electron chi connectivity index (χ2n) is 5.73. The number of halogens is 1. The van der Waals surface area contributed by atoms with E-state index in [0.29, 0.717) is 11.5 Å². The fourth-order valence-corrected chi connectivity index (χ4v) is 2.98. The molecule has 1 heterocycles. The number of hydrogen-bond acceptors (Lipinski definition) is 4. The van der Waals surface area contributed by atoms with Gasteiger partial charge in [0.15, 0.2) is 5.69 Å². The van der Waals surface area contributed by atoms with E-state index in [-0.39, 0.29) is 5.69 Å². The van der Waals surface area contributed by atoms with Crippen molar-refractivity contribution in [2.45, 2.75) is 0 Å². The molecule has 0 N–H and O–H groups in total. The fraction of sp³-hybridized carbons (Fsp3) is 0. The Kier molecular flexibility index (Phi) is 4.63. The summed E-state index contributed by atoms with van der Waals surface area (Å²) in [6.07, 6.45) is 0. The van der Waals surface area contributed by atoms with Gasteiger partial charge in [-0.05, 0) is 71.1 Å². The predicted molar refractivity (Wildman–Crippen MR) is 108 cm³/mol. The van der Waals surface area contributed by atoms with Gasteiger partial charge in [0, 0.05) is 20.5 Å². The average Bonchev–Trinajstić information content (AvgIpc) is 3.15. The third-order valence-corrected chi connectivity index (χ3v) is 4.68. The van der Waals surface area contributed by atoms with E-state index in [9.17, 15) is 10.1 Å². The van der Waals surface area contributed by atoms with Crippen molar-refractivity contribution in [1.29, 1.82) is 0 Å². The molecule has 0 radical (unpaired) electrons. The summed E-state index contributed by atoms with van der Waals surface area (Å²) in [5.41, 5.74) is 2.47. The number of tetrazole rings is 1. The van der Waals surface area contributed by atoms with Crippen LogP contribution in [0, 0.1) is 13.7 Å². The number of hydrogen-bond donors (Lipinski definition) is 0. The summed E-state index contributed by atoms with van der Waals surface area (Å²) in [5.74, 6) is 0.677. The highest BCUT2D eigenvalue weighted by Crippen LogP contribution is 2.18. The maximum Gasteiger partial charge on any atom is 0.335 e. The number of nitrogens with zero attached hydrogens (tertiary/aromatic N) is 5. The molecule has 0 aliphatic rings. The van der Waals surface area contributed by atoms with Gasteiger partial charge in [0.2, 0.25) is 0 Å². The molecule has 4 aromatic rings. The fourth-order valence-electron chi connectivity index (χ4n) is 2.62. The maximum atomic E-state index is 10.9. The average molecular weight is 470 g/mol. The minimum Gasteiger partial charge on any atom is -0.258 e. The molecule has 3 aromatic carbocycles. The van der Waals surface area contributed by atoms with Crippen molar-refractivity contribution >= 4 is 28.3 Å². The van der Waals surface area contributed by atoms with E-state index >= 15 is 0 Å². The lowest BCUT2D eigenvalue weighted by atomic mass is 10.2. The van der Waals surface area contributed by atoms with Crippen molar-refractivity contribution in [2.24, 2.45) is 0 Å². The molecule has 0 atom stereocenters. The second-order valence-corrected chi connectivity index (χ2v) is 6.98. The summed E-state index contributed by atoms with van der Waals surface area (Å²) < 4.78 is 2.88. The molecule has 0 aliphatic heterocycles. The maximum absolute atomic E-state index is 10.9. The van der Waals surface area contributed by atoms with Crippen molar-refractivity contribution in [1.82, 2.24) is 15.1 Å². The molecule has 27 heavy (non-hydrogen) atoms. The second kappa shape index (κ2) is 7.23. The topological polar surface area (TPSA) is 77.7 Å². The van der Waals surface area contributed by atoms with Gasteiger partial charge in [-0.1, -0.05) is 22.9 Å². The smallest absolute Gasteiger partial charge is 0.258 e. The van der Waals surface area contributed by atoms with Crippen LogP contribution < -0.4 is 4.68 Å². The predicted octanol–water partition coefficient (Wildman–Crippen LogP) is 3.72. The van der Waals surface area contributed by atoms with Crippen molar-refractivity contribution in [3.8, 4) is 22.8 Å². The number of aromatic nitrogens is 4. The summed E-state index contributed by atoms with van der Waals surface area (Å²) in [4.78, 5) is 11.9. The third-order valence-electron chi connectivity index (χ3n) is 3.96. The number of para-hydroxylation sites is 1. The molecule has 0 unspecified atom stereocenters. The monoisotopic (exact) mass is 470 g/mol. The summed E-state index contributed by atoms with van der Waals surface area (Å²) in [5, 5.41) is 20.1. The molecule has 4 rings (SSSR count). The van der Waals surface area contributed by atoms with Gasteiger partial charge in [-0.3, -0.25) is 10.1 Å². The number of benzene rings is 3. The summed E-state index contributed by atoms with van der Waals surface area (Å²) in [6, 6.07) is 23.9. The summed E-state index contributed by atoms with van der Waals surface area (Å²) in [6.45, 7) is 0. The first-order valence-corrected chi connectivity index (χ1v) is 9.15. The highest BCUT2D eigenvalue weighted by atomic mass is 127. The van der Waals surface area contributed by atoms with Gasteiger partial charge < -0.3 is 0 Å². The molecule has 132 valence electrons. The van der Waals surface area contributed by atoms with Crippen molar-refractivity contribution in [3.05, 3.63) is 92.5 Å². The molecule has 0 saturated heterocycles. The highest BCUT2D eigenvalue weighted by Gasteiger charge is 2.24. The molecule has 0 fully saturated rings. The van der Waals surface area contributed by atoms with Crippen LogP contribution in [-0.2, 0) is 0 Å². The van der Waals surface area contributed by atoms with Crippen molar-refractivity contribution < 1.29 is 9.61 Å².